The van der Waals surface area contributed by atoms with E-state index in [1.807, 2.05) is 24.3 Å². The Bertz CT molecular complexity index is 814. The summed E-state index contributed by atoms with van der Waals surface area (Å²) in [7, 11) is 1.64. The zero-order valence-electron chi connectivity index (χ0n) is 17.2. The minimum absolute atomic E-state index is 0.0500. The van der Waals surface area contributed by atoms with E-state index in [-0.39, 0.29) is 18.0 Å². The van der Waals surface area contributed by atoms with E-state index in [1.54, 1.807) is 7.11 Å². The van der Waals surface area contributed by atoms with Crippen LogP contribution in [0.25, 0.3) is 0 Å². The molecule has 5 nitrogen and oxygen atoms in total. The number of amides is 1. The third-order valence-electron chi connectivity index (χ3n) is 5.32. The number of carbonyl (C=O) groups excluding carboxylic acids is 1. The van der Waals surface area contributed by atoms with Gasteiger partial charge in [0.05, 0.1) is 12.6 Å². The number of nitrogens with zero attached hydrogens (tertiary/aromatic N) is 1. The van der Waals surface area contributed by atoms with Crippen molar-refractivity contribution in [1.82, 2.24) is 15.5 Å². The van der Waals surface area contributed by atoms with Crippen molar-refractivity contribution >= 4 is 17.5 Å². The molecule has 2 aromatic rings. The Hall–Kier alpha value is -1.92. The van der Waals surface area contributed by atoms with Crippen LogP contribution in [-0.2, 0) is 22.6 Å². The third-order valence-corrected chi connectivity index (χ3v) is 5.69. The molecular weight excluding hydrogens is 386 g/mol. The van der Waals surface area contributed by atoms with Gasteiger partial charge in [-0.05, 0) is 30.5 Å². The van der Waals surface area contributed by atoms with Crippen LogP contribution in [0.15, 0.2) is 48.5 Å². The van der Waals surface area contributed by atoms with Crippen molar-refractivity contribution in [3.05, 3.63) is 70.2 Å². The first-order chi connectivity index (χ1) is 14.1. The van der Waals surface area contributed by atoms with Gasteiger partial charge >= 0.3 is 0 Å². The number of benzene rings is 2. The van der Waals surface area contributed by atoms with Crippen molar-refractivity contribution < 1.29 is 9.53 Å². The van der Waals surface area contributed by atoms with Gasteiger partial charge in [0, 0.05) is 44.4 Å². The maximum atomic E-state index is 12.8. The molecule has 1 saturated heterocycles. The molecule has 1 amide bonds. The van der Waals surface area contributed by atoms with E-state index in [9.17, 15) is 4.79 Å². The number of rotatable bonds is 9. The summed E-state index contributed by atoms with van der Waals surface area (Å²) in [5.41, 5.74) is 3.56. The normalized spacial score (nSPS) is 19.4. The molecule has 3 rings (SSSR count). The van der Waals surface area contributed by atoms with Crippen molar-refractivity contribution in [1.29, 1.82) is 0 Å². The zero-order chi connectivity index (χ0) is 20.6. The number of halogens is 1. The number of carbonyl (C=O) groups is 1. The molecule has 0 unspecified atom stereocenters. The van der Waals surface area contributed by atoms with Gasteiger partial charge in [0.25, 0.3) is 0 Å². The molecule has 1 aliphatic heterocycles. The van der Waals surface area contributed by atoms with Gasteiger partial charge in [-0.1, -0.05) is 59.6 Å². The van der Waals surface area contributed by atoms with Crippen molar-refractivity contribution in [3.63, 3.8) is 0 Å². The lowest BCUT2D eigenvalue weighted by Crippen LogP contribution is -2.43. The third kappa shape index (κ3) is 6.28. The van der Waals surface area contributed by atoms with Gasteiger partial charge in [0.15, 0.2) is 0 Å². The second-order valence-electron chi connectivity index (χ2n) is 7.62. The molecule has 2 N–H and O–H groups in total. The van der Waals surface area contributed by atoms with E-state index in [0.29, 0.717) is 19.7 Å². The van der Waals surface area contributed by atoms with E-state index in [2.05, 4.69) is 46.7 Å². The predicted molar refractivity (Wildman–Crippen MR) is 117 cm³/mol. The van der Waals surface area contributed by atoms with Gasteiger partial charge in [-0.3, -0.25) is 9.69 Å². The summed E-state index contributed by atoms with van der Waals surface area (Å²) >= 11 is 6.37. The molecule has 1 aliphatic rings. The SMILES string of the molecule is COCCNC(=O)[C@@H]1C[C@H](NCc2cccc(C)c2)CN1Cc1ccccc1Cl. The number of aryl methyl sites for hydroxylation is 1. The fourth-order valence-corrected chi connectivity index (χ4v) is 4.02. The summed E-state index contributed by atoms with van der Waals surface area (Å²) in [5.74, 6) is 0.0500. The number of ether oxygens (including phenoxy) is 1. The van der Waals surface area contributed by atoms with Crippen LogP contribution in [0, 0.1) is 6.92 Å². The molecular formula is C23H30ClN3O2. The second kappa shape index (κ2) is 10.7. The molecule has 2 aromatic carbocycles. The van der Waals surface area contributed by atoms with Crippen molar-refractivity contribution in [2.75, 3.05) is 26.8 Å². The van der Waals surface area contributed by atoms with Gasteiger partial charge in [-0.15, -0.1) is 0 Å². The van der Waals surface area contributed by atoms with Crippen LogP contribution in [0.4, 0.5) is 0 Å². The number of hydrogen-bond donors (Lipinski definition) is 2. The summed E-state index contributed by atoms with van der Waals surface area (Å²) < 4.78 is 5.05. The van der Waals surface area contributed by atoms with E-state index >= 15 is 0 Å². The number of methoxy groups -OCH3 is 1. The highest BCUT2D eigenvalue weighted by Crippen LogP contribution is 2.24. The van der Waals surface area contributed by atoms with Crippen LogP contribution in [0.5, 0.6) is 0 Å². The smallest absolute Gasteiger partial charge is 0.237 e. The Morgan fingerprint density at radius 2 is 2.07 bits per heavy atom. The molecule has 1 heterocycles. The maximum Gasteiger partial charge on any atom is 0.237 e. The quantitative estimate of drug-likeness (QED) is 0.618. The zero-order valence-corrected chi connectivity index (χ0v) is 17.9. The van der Waals surface area contributed by atoms with E-state index < -0.39 is 0 Å². The van der Waals surface area contributed by atoms with Crippen LogP contribution in [0.1, 0.15) is 23.1 Å². The lowest BCUT2D eigenvalue weighted by atomic mass is 10.1. The van der Waals surface area contributed by atoms with Crippen molar-refractivity contribution in [3.8, 4) is 0 Å². The van der Waals surface area contributed by atoms with Crippen LogP contribution < -0.4 is 10.6 Å². The molecule has 0 radical (unpaired) electrons. The first kappa shape index (κ1) is 21.8. The number of nitrogens with one attached hydrogen (secondary N) is 2. The van der Waals surface area contributed by atoms with Gasteiger partial charge in [-0.25, -0.2) is 0 Å². The highest BCUT2D eigenvalue weighted by Gasteiger charge is 2.36. The molecule has 2 atom stereocenters. The van der Waals surface area contributed by atoms with Crippen molar-refractivity contribution in [2.24, 2.45) is 0 Å². The lowest BCUT2D eigenvalue weighted by Gasteiger charge is -2.24. The molecule has 0 bridgehead atoms. The predicted octanol–water partition coefficient (Wildman–Crippen LogP) is 3.14. The van der Waals surface area contributed by atoms with E-state index in [1.165, 1.54) is 11.1 Å². The van der Waals surface area contributed by atoms with Crippen LogP contribution in [0.3, 0.4) is 0 Å². The van der Waals surface area contributed by atoms with E-state index in [4.69, 9.17) is 16.3 Å². The Labute approximate surface area is 178 Å². The summed E-state index contributed by atoms with van der Waals surface area (Å²) in [4.78, 5) is 15.0. The summed E-state index contributed by atoms with van der Waals surface area (Å²) in [6.45, 7) is 5.39. The molecule has 0 aliphatic carbocycles. The Balaban J connectivity index is 1.65. The standard InChI is InChI=1S/C23H30ClN3O2/c1-17-6-5-7-18(12-17)14-26-20-13-22(23(28)25-10-11-29-2)27(16-20)15-19-8-3-4-9-21(19)24/h3-9,12,20,22,26H,10-11,13-16H2,1-2H3,(H,25,28)/t20-,22-/m0/s1. The Kier molecular flexibility index (Phi) is 8.07. The lowest BCUT2D eigenvalue weighted by molar-refractivity contribution is -0.125. The fraction of sp³-hybridized carbons (Fsp3) is 0.435. The molecule has 29 heavy (non-hydrogen) atoms. The van der Waals surface area contributed by atoms with Gasteiger partial charge in [0.2, 0.25) is 5.91 Å². The molecule has 0 aromatic heterocycles. The largest absolute Gasteiger partial charge is 0.383 e. The molecule has 6 heteroatoms. The molecule has 1 fully saturated rings. The minimum atomic E-state index is -0.182. The molecule has 0 spiro atoms. The monoisotopic (exact) mass is 415 g/mol. The maximum absolute atomic E-state index is 12.8. The van der Waals surface area contributed by atoms with Crippen LogP contribution in [0.2, 0.25) is 5.02 Å². The number of likely N-dealkylation sites (tertiary alicyclic amines) is 1. The molecule has 0 saturated carbocycles. The highest BCUT2D eigenvalue weighted by molar-refractivity contribution is 6.31. The average Bonchev–Trinajstić information content (AvgIpc) is 3.11. The Morgan fingerprint density at radius 3 is 2.83 bits per heavy atom. The first-order valence-electron chi connectivity index (χ1n) is 10.1. The van der Waals surface area contributed by atoms with Crippen LogP contribution in [-0.4, -0.2) is 49.7 Å². The average molecular weight is 416 g/mol. The van der Waals surface area contributed by atoms with Crippen LogP contribution >= 0.6 is 11.6 Å². The minimum Gasteiger partial charge on any atom is -0.383 e. The number of hydrogen-bond acceptors (Lipinski definition) is 4. The van der Waals surface area contributed by atoms with Gasteiger partial charge < -0.3 is 15.4 Å². The van der Waals surface area contributed by atoms with Gasteiger partial charge in [-0.2, -0.15) is 0 Å². The van der Waals surface area contributed by atoms with Crippen molar-refractivity contribution in [2.45, 2.75) is 38.5 Å². The van der Waals surface area contributed by atoms with Gasteiger partial charge in [0.1, 0.15) is 0 Å². The fourth-order valence-electron chi connectivity index (χ4n) is 3.82. The summed E-state index contributed by atoms with van der Waals surface area (Å²) in [6.07, 6.45) is 0.773. The molecule has 156 valence electrons. The topological polar surface area (TPSA) is 53.6 Å². The highest BCUT2D eigenvalue weighted by atomic mass is 35.5. The second-order valence-corrected chi connectivity index (χ2v) is 8.03. The first-order valence-corrected chi connectivity index (χ1v) is 10.5. The summed E-state index contributed by atoms with van der Waals surface area (Å²) in [6, 6.07) is 16.4. The summed E-state index contributed by atoms with van der Waals surface area (Å²) in [5, 5.41) is 7.36. The van der Waals surface area contributed by atoms with E-state index in [0.717, 1.165) is 30.1 Å². The Morgan fingerprint density at radius 1 is 1.24 bits per heavy atom.